The summed E-state index contributed by atoms with van der Waals surface area (Å²) in [6.07, 6.45) is 1.73. The quantitative estimate of drug-likeness (QED) is 0.764. The summed E-state index contributed by atoms with van der Waals surface area (Å²) < 4.78 is 0. The van der Waals surface area contributed by atoms with Crippen molar-refractivity contribution in [2.24, 2.45) is 0 Å². The van der Waals surface area contributed by atoms with E-state index < -0.39 is 0 Å². The van der Waals surface area contributed by atoms with Crippen molar-refractivity contribution >= 4 is 23.2 Å². The first kappa shape index (κ1) is 11.2. The molecule has 0 aliphatic carbocycles. The van der Waals surface area contributed by atoms with Crippen LogP contribution in [0.1, 0.15) is 6.42 Å². The van der Waals surface area contributed by atoms with Crippen molar-refractivity contribution in [3.63, 3.8) is 0 Å². The van der Waals surface area contributed by atoms with Crippen molar-refractivity contribution in [1.29, 1.82) is 0 Å². The van der Waals surface area contributed by atoms with Gasteiger partial charge in [0, 0.05) is 18.7 Å². The van der Waals surface area contributed by atoms with Crippen molar-refractivity contribution < 1.29 is 9.59 Å². The van der Waals surface area contributed by atoms with Gasteiger partial charge in [0.2, 0.25) is 11.8 Å². The number of hydrazine groups is 1. The number of carbonyl (C=O) groups is 2. The Labute approximate surface area is 99.1 Å². The second-order valence-corrected chi connectivity index (χ2v) is 3.68. The Hall–Kier alpha value is -2.30. The zero-order valence-corrected chi connectivity index (χ0v) is 9.27. The van der Waals surface area contributed by atoms with Crippen LogP contribution < -0.4 is 15.8 Å². The molecule has 0 radical (unpaired) electrons. The molecule has 1 saturated heterocycles. The monoisotopic (exact) mass is 231 g/mol. The van der Waals surface area contributed by atoms with E-state index in [9.17, 15) is 9.59 Å². The maximum Gasteiger partial charge on any atom is 0.247 e. The number of nitrogens with zero attached hydrogens (tertiary/aromatic N) is 1. The number of anilines is 2. The Balaban J connectivity index is 2.05. The average molecular weight is 231 g/mol. The van der Waals surface area contributed by atoms with Crippen LogP contribution in [0, 0.1) is 0 Å². The smallest absolute Gasteiger partial charge is 0.247 e. The molecule has 5 heteroatoms. The summed E-state index contributed by atoms with van der Waals surface area (Å²) in [4.78, 5) is 22.1. The topological polar surface area (TPSA) is 61.4 Å². The highest BCUT2D eigenvalue weighted by Crippen LogP contribution is 2.18. The van der Waals surface area contributed by atoms with E-state index in [4.69, 9.17) is 0 Å². The lowest BCUT2D eigenvalue weighted by Crippen LogP contribution is -2.32. The largest absolute Gasteiger partial charge is 0.323 e. The Morgan fingerprint density at radius 3 is 2.65 bits per heavy atom. The van der Waals surface area contributed by atoms with E-state index in [2.05, 4.69) is 17.3 Å². The summed E-state index contributed by atoms with van der Waals surface area (Å²) in [6, 6.07) is 7.23. The fourth-order valence-corrected chi connectivity index (χ4v) is 1.59. The Morgan fingerprint density at radius 2 is 2.12 bits per heavy atom. The van der Waals surface area contributed by atoms with E-state index in [1.807, 2.05) is 12.1 Å². The van der Waals surface area contributed by atoms with Gasteiger partial charge in [-0.05, 0) is 30.3 Å². The standard InChI is InChI=1S/C12H13N3O2/c1-2-11(16)13-9-3-5-10(6-4-9)15-8-7-12(17)14-15/h2-6H,1,7-8H2,(H,13,16)(H,14,17). The van der Waals surface area contributed by atoms with Gasteiger partial charge < -0.3 is 5.32 Å². The molecule has 0 atom stereocenters. The molecule has 0 unspecified atom stereocenters. The highest BCUT2D eigenvalue weighted by Gasteiger charge is 2.18. The van der Waals surface area contributed by atoms with Gasteiger partial charge in [0.25, 0.3) is 0 Å². The summed E-state index contributed by atoms with van der Waals surface area (Å²) in [6.45, 7) is 4.04. The molecule has 1 aliphatic heterocycles. The van der Waals surface area contributed by atoms with Gasteiger partial charge in [-0.3, -0.25) is 20.0 Å². The fraction of sp³-hybridized carbons (Fsp3) is 0.167. The van der Waals surface area contributed by atoms with E-state index in [0.29, 0.717) is 18.7 Å². The first-order valence-corrected chi connectivity index (χ1v) is 5.29. The Morgan fingerprint density at radius 1 is 1.41 bits per heavy atom. The summed E-state index contributed by atoms with van der Waals surface area (Å²) >= 11 is 0. The molecule has 1 aromatic rings. The molecule has 0 saturated carbocycles. The third-order valence-electron chi connectivity index (χ3n) is 2.45. The molecule has 1 aliphatic rings. The lowest BCUT2D eigenvalue weighted by molar-refractivity contribution is -0.119. The molecule has 17 heavy (non-hydrogen) atoms. The van der Waals surface area contributed by atoms with Crippen molar-refractivity contribution in [2.45, 2.75) is 6.42 Å². The minimum absolute atomic E-state index is 0.0223. The molecule has 1 fully saturated rings. The Kier molecular flexibility index (Phi) is 3.09. The van der Waals surface area contributed by atoms with Gasteiger partial charge in [-0.2, -0.15) is 0 Å². The second-order valence-electron chi connectivity index (χ2n) is 3.68. The maximum absolute atomic E-state index is 11.1. The van der Waals surface area contributed by atoms with Gasteiger partial charge >= 0.3 is 0 Å². The Bertz CT molecular complexity index is 453. The molecule has 2 N–H and O–H groups in total. The first-order chi connectivity index (χ1) is 8.19. The molecule has 0 bridgehead atoms. The molecule has 0 aromatic heterocycles. The zero-order valence-electron chi connectivity index (χ0n) is 9.27. The normalized spacial score (nSPS) is 14.4. The summed E-state index contributed by atoms with van der Waals surface area (Å²) in [5.41, 5.74) is 4.33. The number of nitrogens with one attached hydrogen (secondary N) is 2. The fourth-order valence-electron chi connectivity index (χ4n) is 1.59. The predicted octanol–water partition coefficient (Wildman–Crippen LogP) is 1.05. The molecule has 1 aromatic carbocycles. The van der Waals surface area contributed by atoms with Crippen LogP contribution in [0.25, 0.3) is 0 Å². The van der Waals surface area contributed by atoms with Crippen LogP contribution in [-0.4, -0.2) is 18.4 Å². The van der Waals surface area contributed by atoms with Crippen molar-refractivity contribution in [3.8, 4) is 0 Å². The van der Waals surface area contributed by atoms with Gasteiger partial charge in [0.05, 0.1) is 5.69 Å². The minimum Gasteiger partial charge on any atom is -0.323 e. The van der Waals surface area contributed by atoms with Crippen molar-refractivity contribution in [1.82, 2.24) is 5.43 Å². The minimum atomic E-state index is -0.243. The van der Waals surface area contributed by atoms with E-state index in [-0.39, 0.29) is 11.8 Å². The molecule has 88 valence electrons. The van der Waals surface area contributed by atoms with Gasteiger partial charge in [-0.25, -0.2) is 0 Å². The van der Waals surface area contributed by atoms with E-state index in [0.717, 1.165) is 5.69 Å². The highest BCUT2D eigenvalue weighted by atomic mass is 16.2. The van der Waals surface area contributed by atoms with Gasteiger partial charge in [0.15, 0.2) is 0 Å². The van der Waals surface area contributed by atoms with Crippen LogP contribution in [-0.2, 0) is 9.59 Å². The van der Waals surface area contributed by atoms with Crippen LogP contribution >= 0.6 is 0 Å². The van der Waals surface area contributed by atoms with E-state index in [1.165, 1.54) is 6.08 Å². The van der Waals surface area contributed by atoms with E-state index in [1.54, 1.807) is 17.1 Å². The molecular formula is C12H13N3O2. The van der Waals surface area contributed by atoms with Gasteiger partial charge in [0.1, 0.15) is 0 Å². The van der Waals surface area contributed by atoms with Crippen LogP contribution in [0.2, 0.25) is 0 Å². The number of hydrogen-bond donors (Lipinski definition) is 2. The van der Waals surface area contributed by atoms with Crippen LogP contribution in [0.3, 0.4) is 0 Å². The second kappa shape index (κ2) is 4.69. The highest BCUT2D eigenvalue weighted by molar-refractivity contribution is 5.98. The zero-order chi connectivity index (χ0) is 12.3. The maximum atomic E-state index is 11.1. The van der Waals surface area contributed by atoms with Crippen molar-refractivity contribution in [2.75, 3.05) is 16.9 Å². The number of amides is 2. The van der Waals surface area contributed by atoms with Gasteiger partial charge in [-0.1, -0.05) is 6.58 Å². The van der Waals surface area contributed by atoms with Crippen LogP contribution in [0.5, 0.6) is 0 Å². The third kappa shape index (κ3) is 2.63. The molecular weight excluding hydrogens is 218 g/mol. The van der Waals surface area contributed by atoms with Crippen LogP contribution in [0.15, 0.2) is 36.9 Å². The molecule has 0 spiro atoms. The molecule has 1 heterocycles. The summed E-state index contributed by atoms with van der Waals surface area (Å²) in [7, 11) is 0. The number of rotatable bonds is 3. The lowest BCUT2D eigenvalue weighted by Gasteiger charge is -2.17. The predicted molar refractivity (Wildman–Crippen MR) is 65.4 cm³/mol. The first-order valence-electron chi connectivity index (χ1n) is 5.29. The van der Waals surface area contributed by atoms with Crippen LogP contribution in [0.4, 0.5) is 11.4 Å². The average Bonchev–Trinajstić information content (AvgIpc) is 2.77. The summed E-state index contributed by atoms with van der Waals surface area (Å²) in [5.74, 6) is -0.221. The number of hydrogen-bond acceptors (Lipinski definition) is 3. The lowest BCUT2D eigenvalue weighted by atomic mass is 10.2. The molecule has 5 nitrogen and oxygen atoms in total. The number of benzene rings is 1. The SMILES string of the molecule is C=CC(=O)Nc1ccc(N2CCC(=O)N2)cc1. The number of carbonyl (C=O) groups excluding carboxylic acids is 2. The molecule has 2 amide bonds. The summed E-state index contributed by atoms with van der Waals surface area (Å²) in [5, 5.41) is 4.43. The molecule has 2 rings (SSSR count). The van der Waals surface area contributed by atoms with Crippen molar-refractivity contribution in [3.05, 3.63) is 36.9 Å². The third-order valence-corrected chi connectivity index (χ3v) is 2.45. The van der Waals surface area contributed by atoms with Gasteiger partial charge in [-0.15, -0.1) is 0 Å². The van der Waals surface area contributed by atoms with E-state index >= 15 is 0 Å².